The Labute approximate surface area is 227 Å². The van der Waals surface area contributed by atoms with Crippen LogP contribution in [0.5, 0.6) is 0 Å². The molecule has 0 bridgehead atoms. The summed E-state index contributed by atoms with van der Waals surface area (Å²) in [5.74, 6) is 7.52. The molecule has 3 rings (SSSR count). The molecule has 5 nitrogen and oxygen atoms in total. The van der Waals surface area contributed by atoms with Crippen LogP contribution in [0.15, 0.2) is 42.7 Å². The first-order valence-electron chi connectivity index (χ1n) is 13.5. The number of nitrogens with one attached hydrogen (secondary N) is 1. The molecule has 7 heteroatoms. The van der Waals surface area contributed by atoms with Crippen molar-refractivity contribution >= 4 is 22.5 Å². The molecule has 0 saturated heterocycles. The summed E-state index contributed by atoms with van der Waals surface area (Å²) in [7, 11) is -3.75. The molecule has 1 aliphatic carbocycles. The Hall–Kier alpha value is -1.99. The zero-order valence-electron chi connectivity index (χ0n) is 24.6. The van der Waals surface area contributed by atoms with Gasteiger partial charge in [-0.3, -0.25) is 0 Å². The van der Waals surface area contributed by atoms with Gasteiger partial charge in [-0.1, -0.05) is 65.7 Å². The summed E-state index contributed by atoms with van der Waals surface area (Å²) in [6.07, 6.45) is 3.73. The van der Waals surface area contributed by atoms with Gasteiger partial charge in [0.1, 0.15) is 17.8 Å². The quantitative estimate of drug-likeness (QED) is 0.293. The number of aromatic nitrogens is 2. The number of benzene rings is 1. The maximum absolute atomic E-state index is 6.99. The van der Waals surface area contributed by atoms with Gasteiger partial charge in [-0.05, 0) is 67.2 Å². The minimum atomic E-state index is -1.91. The zero-order chi connectivity index (χ0) is 27.5. The Morgan fingerprint density at radius 3 is 2.16 bits per heavy atom. The molecule has 1 N–H and O–H groups in total. The summed E-state index contributed by atoms with van der Waals surface area (Å²) >= 11 is 0. The standard InChI is InChI=1S/C30H47N3O2Si2/c1-29(2,3)36(7,8)34-21-24-18-26(19-27(24)35-37(9,10)30(4,5)6)33-28-20-25(31-22-32-28)17-16-23-14-12-11-13-15-23/h11-15,20,22,24,26-27H,18-19,21H2,1-10H3,(H,31,32,33). The van der Waals surface area contributed by atoms with Gasteiger partial charge >= 0.3 is 0 Å². The first-order valence-corrected chi connectivity index (χ1v) is 19.4. The van der Waals surface area contributed by atoms with Crippen LogP contribution >= 0.6 is 0 Å². The van der Waals surface area contributed by atoms with Gasteiger partial charge in [0.15, 0.2) is 16.6 Å². The largest absolute Gasteiger partial charge is 0.416 e. The summed E-state index contributed by atoms with van der Waals surface area (Å²) in [5, 5.41) is 4.02. The van der Waals surface area contributed by atoms with Gasteiger partial charge in [-0.2, -0.15) is 0 Å². The van der Waals surface area contributed by atoms with Crippen LogP contribution in [-0.2, 0) is 8.85 Å². The molecule has 202 valence electrons. The van der Waals surface area contributed by atoms with Crippen LogP contribution in [-0.4, -0.2) is 45.4 Å². The van der Waals surface area contributed by atoms with Gasteiger partial charge < -0.3 is 14.2 Å². The average Bonchev–Trinajstić information content (AvgIpc) is 3.16. The van der Waals surface area contributed by atoms with Crippen LogP contribution in [0.1, 0.15) is 65.6 Å². The summed E-state index contributed by atoms with van der Waals surface area (Å²) < 4.78 is 13.7. The van der Waals surface area contributed by atoms with Gasteiger partial charge in [-0.25, -0.2) is 9.97 Å². The highest BCUT2D eigenvalue weighted by Crippen LogP contribution is 2.43. The number of hydrogen-bond acceptors (Lipinski definition) is 5. The van der Waals surface area contributed by atoms with Crippen molar-refractivity contribution in [2.75, 3.05) is 11.9 Å². The van der Waals surface area contributed by atoms with E-state index in [0.29, 0.717) is 11.6 Å². The number of hydrogen-bond donors (Lipinski definition) is 1. The van der Waals surface area contributed by atoms with Crippen molar-refractivity contribution in [3.63, 3.8) is 0 Å². The normalized spacial score (nSPS) is 20.9. The van der Waals surface area contributed by atoms with Crippen molar-refractivity contribution in [1.82, 2.24) is 9.97 Å². The first-order chi connectivity index (χ1) is 17.1. The van der Waals surface area contributed by atoms with Gasteiger partial charge in [-0.15, -0.1) is 0 Å². The average molecular weight is 538 g/mol. The van der Waals surface area contributed by atoms with E-state index in [1.54, 1.807) is 6.33 Å². The highest BCUT2D eigenvalue weighted by Gasteiger charge is 2.45. The molecule has 0 aliphatic heterocycles. The van der Waals surface area contributed by atoms with E-state index >= 15 is 0 Å². The minimum Gasteiger partial charge on any atom is -0.416 e. The fourth-order valence-corrected chi connectivity index (χ4v) is 6.45. The monoisotopic (exact) mass is 537 g/mol. The van der Waals surface area contributed by atoms with E-state index in [0.717, 1.165) is 30.8 Å². The van der Waals surface area contributed by atoms with Crippen molar-refractivity contribution in [2.45, 2.75) is 103 Å². The Balaban J connectivity index is 1.74. The first kappa shape index (κ1) is 29.6. The second-order valence-electron chi connectivity index (χ2n) is 13.5. The molecular weight excluding hydrogens is 491 g/mol. The third kappa shape index (κ3) is 8.00. The Morgan fingerprint density at radius 1 is 0.892 bits per heavy atom. The maximum Gasteiger partial charge on any atom is 0.192 e. The molecule has 1 saturated carbocycles. The lowest BCUT2D eigenvalue weighted by Gasteiger charge is -2.41. The molecule has 3 unspecified atom stereocenters. The summed E-state index contributed by atoms with van der Waals surface area (Å²) in [4.78, 5) is 8.85. The highest BCUT2D eigenvalue weighted by atomic mass is 28.4. The molecule has 0 spiro atoms. The molecule has 1 fully saturated rings. The fraction of sp³-hybridized carbons (Fsp3) is 0.600. The van der Waals surface area contributed by atoms with Crippen LogP contribution in [0, 0.1) is 17.8 Å². The van der Waals surface area contributed by atoms with Crippen LogP contribution in [0.2, 0.25) is 36.3 Å². The lowest BCUT2D eigenvalue weighted by atomic mass is 10.1. The molecule has 2 aromatic rings. The van der Waals surface area contributed by atoms with E-state index in [1.165, 1.54) is 0 Å². The van der Waals surface area contributed by atoms with Gasteiger partial charge in [0.25, 0.3) is 0 Å². The summed E-state index contributed by atoms with van der Waals surface area (Å²) in [5.41, 5.74) is 1.69. The summed E-state index contributed by atoms with van der Waals surface area (Å²) in [6.45, 7) is 24.0. The second kappa shape index (κ2) is 11.4. The predicted octanol–water partition coefficient (Wildman–Crippen LogP) is 7.48. The van der Waals surface area contributed by atoms with Gasteiger partial charge in [0.05, 0.1) is 6.10 Å². The van der Waals surface area contributed by atoms with E-state index in [-0.39, 0.29) is 22.2 Å². The second-order valence-corrected chi connectivity index (χ2v) is 23.0. The molecular formula is C30H47N3O2Si2. The third-order valence-corrected chi connectivity index (χ3v) is 17.5. The van der Waals surface area contributed by atoms with E-state index in [4.69, 9.17) is 8.85 Å². The minimum absolute atomic E-state index is 0.169. The number of nitrogens with zero attached hydrogens (tertiary/aromatic N) is 2. The predicted molar refractivity (Wildman–Crippen MR) is 160 cm³/mol. The Bertz CT molecular complexity index is 1100. The molecule has 1 aromatic carbocycles. The molecule has 1 heterocycles. The van der Waals surface area contributed by atoms with Crippen LogP contribution < -0.4 is 5.32 Å². The summed E-state index contributed by atoms with van der Waals surface area (Å²) in [6, 6.07) is 12.2. The van der Waals surface area contributed by atoms with Crippen molar-refractivity contribution < 1.29 is 8.85 Å². The number of anilines is 1. The molecule has 0 radical (unpaired) electrons. The lowest BCUT2D eigenvalue weighted by molar-refractivity contribution is 0.101. The van der Waals surface area contributed by atoms with E-state index in [9.17, 15) is 0 Å². The van der Waals surface area contributed by atoms with Crippen molar-refractivity contribution in [2.24, 2.45) is 5.92 Å². The fourth-order valence-electron chi connectivity index (χ4n) is 3.98. The lowest BCUT2D eigenvalue weighted by Crippen LogP contribution is -2.46. The van der Waals surface area contributed by atoms with Crippen LogP contribution in [0.3, 0.4) is 0 Å². The molecule has 1 aromatic heterocycles. The van der Waals surface area contributed by atoms with Gasteiger partial charge in [0, 0.05) is 30.2 Å². The van der Waals surface area contributed by atoms with Crippen LogP contribution in [0.25, 0.3) is 0 Å². The Kier molecular flexibility index (Phi) is 9.11. The smallest absolute Gasteiger partial charge is 0.192 e. The van der Waals surface area contributed by atoms with E-state index in [1.807, 2.05) is 36.4 Å². The van der Waals surface area contributed by atoms with Crippen molar-refractivity contribution in [1.29, 1.82) is 0 Å². The van der Waals surface area contributed by atoms with Gasteiger partial charge in [0.2, 0.25) is 0 Å². The Morgan fingerprint density at radius 2 is 1.54 bits per heavy atom. The topological polar surface area (TPSA) is 56.3 Å². The highest BCUT2D eigenvalue weighted by molar-refractivity contribution is 6.74. The molecule has 1 aliphatic rings. The number of rotatable bonds is 7. The van der Waals surface area contributed by atoms with E-state index in [2.05, 4.69) is 94.9 Å². The molecule has 3 atom stereocenters. The van der Waals surface area contributed by atoms with Crippen molar-refractivity contribution in [3.05, 3.63) is 54.0 Å². The zero-order valence-corrected chi connectivity index (χ0v) is 26.6. The maximum atomic E-state index is 6.99. The molecule has 0 amide bonds. The SMILES string of the molecule is CC(C)(C)[Si](C)(C)OCC1CC(Nc2cc(C#Cc3ccccc3)ncn2)CC1O[Si](C)(C)C(C)(C)C. The van der Waals surface area contributed by atoms with Crippen molar-refractivity contribution in [3.8, 4) is 11.8 Å². The van der Waals surface area contributed by atoms with Crippen LogP contribution in [0.4, 0.5) is 5.82 Å². The van der Waals surface area contributed by atoms with E-state index < -0.39 is 16.6 Å². The molecule has 37 heavy (non-hydrogen) atoms. The third-order valence-electron chi connectivity index (χ3n) is 8.47.